The molecular weight excluding hydrogens is 369 g/mol. The maximum Gasteiger partial charge on any atom is 0.0129 e. The van der Waals surface area contributed by atoms with E-state index < -0.39 is 0 Å². The molecule has 0 spiro atoms. The van der Waals surface area contributed by atoms with E-state index in [0.717, 1.165) is 6.42 Å². The number of benzene rings is 1. The van der Waals surface area contributed by atoms with Crippen LogP contribution in [0, 0.1) is 5.92 Å². The summed E-state index contributed by atoms with van der Waals surface area (Å²) < 4.78 is 0. The molecule has 122 valence electrons. The number of hydrogen-bond donors (Lipinski definition) is 1. The van der Waals surface area contributed by atoms with Gasteiger partial charge in [0.1, 0.15) is 0 Å². The Morgan fingerprint density at radius 3 is 2.10 bits per heavy atom. The average molecular weight is 403 g/mol. The average Bonchev–Trinajstić information content (AvgIpc) is 2.41. The quantitative estimate of drug-likeness (QED) is 0.379. The van der Waals surface area contributed by atoms with Crippen molar-refractivity contribution >= 4 is 24.0 Å². The van der Waals surface area contributed by atoms with Crippen molar-refractivity contribution in [3.8, 4) is 0 Å². The zero-order chi connectivity index (χ0) is 14.8. The monoisotopic (exact) mass is 403 g/mol. The summed E-state index contributed by atoms with van der Waals surface area (Å²) in [7, 11) is 0. The van der Waals surface area contributed by atoms with Gasteiger partial charge in [-0.1, -0.05) is 75.8 Å². The second-order valence-electron chi connectivity index (χ2n) is 6.76. The third kappa shape index (κ3) is 9.51. The Labute approximate surface area is 149 Å². The van der Waals surface area contributed by atoms with Crippen LogP contribution in [0.15, 0.2) is 30.3 Å². The van der Waals surface area contributed by atoms with Crippen molar-refractivity contribution < 1.29 is 0 Å². The van der Waals surface area contributed by atoms with Crippen LogP contribution in [0.3, 0.4) is 0 Å². The van der Waals surface area contributed by atoms with Crippen molar-refractivity contribution in [1.82, 2.24) is 0 Å². The summed E-state index contributed by atoms with van der Waals surface area (Å²) in [5.74, 6) is 0.580. The van der Waals surface area contributed by atoms with Crippen LogP contribution in [0.1, 0.15) is 71.3 Å². The van der Waals surface area contributed by atoms with E-state index in [2.05, 4.69) is 51.1 Å². The van der Waals surface area contributed by atoms with E-state index in [4.69, 9.17) is 5.73 Å². The van der Waals surface area contributed by atoms with Crippen molar-refractivity contribution in [1.29, 1.82) is 0 Å². The summed E-state index contributed by atoms with van der Waals surface area (Å²) in [5.41, 5.74) is 7.72. The van der Waals surface area contributed by atoms with Crippen molar-refractivity contribution in [2.24, 2.45) is 11.7 Å². The minimum atomic E-state index is -0.0841. The van der Waals surface area contributed by atoms with Gasteiger partial charge in [-0.25, -0.2) is 0 Å². The lowest BCUT2D eigenvalue weighted by Crippen LogP contribution is -2.42. The lowest BCUT2D eigenvalue weighted by molar-refractivity contribution is 0.290. The van der Waals surface area contributed by atoms with Gasteiger partial charge in [0, 0.05) is 5.54 Å². The van der Waals surface area contributed by atoms with Crippen LogP contribution in [-0.2, 0) is 6.42 Å². The minimum absolute atomic E-state index is 0. The highest BCUT2D eigenvalue weighted by molar-refractivity contribution is 14.0. The molecule has 1 aromatic rings. The van der Waals surface area contributed by atoms with Crippen LogP contribution in [-0.4, -0.2) is 5.54 Å². The van der Waals surface area contributed by atoms with E-state index in [0.29, 0.717) is 5.92 Å². The van der Waals surface area contributed by atoms with E-state index in [1.807, 2.05) is 0 Å². The summed E-state index contributed by atoms with van der Waals surface area (Å²) in [6.45, 7) is 6.63. The molecule has 1 aromatic carbocycles. The molecule has 2 heteroatoms. The molecule has 0 aliphatic carbocycles. The standard InChI is InChI=1S/C19H33N.HI/c1-4-5-6-7-8-12-15-18(19(2,3)20)16-17-13-10-9-11-14-17;/h9-11,13-14,18H,4-8,12,15-16,20H2,1-3H3;1H. The van der Waals surface area contributed by atoms with Crippen molar-refractivity contribution in [2.75, 3.05) is 0 Å². The first-order chi connectivity index (χ1) is 9.54. The molecule has 1 rings (SSSR count). The van der Waals surface area contributed by atoms with Gasteiger partial charge in [0.25, 0.3) is 0 Å². The van der Waals surface area contributed by atoms with Crippen LogP contribution in [0.4, 0.5) is 0 Å². The molecule has 0 fully saturated rings. The fourth-order valence-corrected chi connectivity index (χ4v) is 2.81. The van der Waals surface area contributed by atoms with Gasteiger partial charge in [-0.2, -0.15) is 0 Å². The molecule has 0 radical (unpaired) electrons. The van der Waals surface area contributed by atoms with Gasteiger partial charge in [0.15, 0.2) is 0 Å². The maximum absolute atomic E-state index is 6.39. The smallest absolute Gasteiger partial charge is 0.0129 e. The molecule has 0 aromatic heterocycles. The Kier molecular flexibility index (Phi) is 11.4. The molecule has 2 N–H and O–H groups in total. The zero-order valence-corrected chi connectivity index (χ0v) is 16.4. The molecule has 0 amide bonds. The van der Waals surface area contributed by atoms with E-state index in [-0.39, 0.29) is 29.5 Å². The zero-order valence-electron chi connectivity index (χ0n) is 14.1. The van der Waals surface area contributed by atoms with Crippen LogP contribution < -0.4 is 5.73 Å². The third-order valence-corrected chi connectivity index (χ3v) is 4.28. The molecule has 0 saturated carbocycles. The Balaban J connectivity index is 0.00000400. The summed E-state index contributed by atoms with van der Waals surface area (Å²) in [6, 6.07) is 10.8. The lowest BCUT2D eigenvalue weighted by Gasteiger charge is -2.31. The first-order valence-corrected chi connectivity index (χ1v) is 8.37. The van der Waals surface area contributed by atoms with E-state index in [9.17, 15) is 0 Å². The van der Waals surface area contributed by atoms with Crippen LogP contribution in [0.2, 0.25) is 0 Å². The Morgan fingerprint density at radius 2 is 1.52 bits per heavy atom. The topological polar surface area (TPSA) is 26.0 Å². The molecule has 0 aliphatic heterocycles. The summed E-state index contributed by atoms with van der Waals surface area (Å²) >= 11 is 0. The highest BCUT2D eigenvalue weighted by Crippen LogP contribution is 2.25. The predicted octanol–water partition coefficient (Wildman–Crippen LogP) is 5.95. The highest BCUT2D eigenvalue weighted by Gasteiger charge is 2.24. The number of unbranched alkanes of at least 4 members (excludes halogenated alkanes) is 5. The van der Waals surface area contributed by atoms with Crippen molar-refractivity contribution in [2.45, 2.75) is 77.7 Å². The Bertz CT molecular complexity index is 342. The number of hydrogen-bond acceptors (Lipinski definition) is 1. The van der Waals surface area contributed by atoms with Gasteiger partial charge in [-0.3, -0.25) is 0 Å². The van der Waals surface area contributed by atoms with E-state index >= 15 is 0 Å². The fourth-order valence-electron chi connectivity index (χ4n) is 2.81. The summed E-state index contributed by atoms with van der Waals surface area (Å²) in [6.07, 6.45) is 10.5. The molecule has 0 saturated heterocycles. The molecule has 1 nitrogen and oxygen atoms in total. The molecule has 1 atom stereocenters. The number of nitrogens with two attached hydrogens (primary N) is 1. The van der Waals surface area contributed by atoms with Crippen LogP contribution >= 0.6 is 24.0 Å². The van der Waals surface area contributed by atoms with Crippen LogP contribution in [0.25, 0.3) is 0 Å². The Morgan fingerprint density at radius 1 is 0.952 bits per heavy atom. The molecular formula is C19H34IN. The molecule has 1 unspecified atom stereocenters. The number of rotatable bonds is 10. The Hall–Kier alpha value is -0.0900. The second-order valence-corrected chi connectivity index (χ2v) is 6.76. The van der Waals surface area contributed by atoms with E-state index in [1.165, 1.54) is 50.5 Å². The van der Waals surface area contributed by atoms with Gasteiger partial charge in [0.2, 0.25) is 0 Å². The molecule has 0 aliphatic rings. The van der Waals surface area contributed by atoms with Gasteiger partial charge < -0.3 is 5.73 Å². The van der Waals surface area contributed by atoms with Gasteiger partial charge >= 0.3 is 0 Å². The molecule has 21 heavy (non-hydrogen) atoms. The normalized spacial score (nSPS) is 12.8. The SMILES string of the molecule is CCCCCCCCC(Cc1ccccc1)C(C)(C)N.I. The summed E-state index contributed by atoms with van der Waals surface area (Å²) in [4.78, 5) is 0. The fraction of sp³-hybridized carbons (Fsp3) is 0.684. The highest BCUT2D eigenvalue weighted by atomic mass is 127. The molecule has 0 heterocycles. The van der Waals surface area contributed by atoms with E-state index in [1.54, 1.807) is 0 Å². The molecule has 0 bridgehead atoms. The second kappa shape index (κ2) is 11.5. The van der Waals surface area contributed by atoms with Gasteiger partial charge in [0.05, 0.1) is 0 Å². The van der Waals surface area contributed by atoms with Crippen molar-refractivity contribution in [3.05, 3.63) is 35.9 Å². The maximum atomic E-state index is 6.39. The number of halogens is 1. The third-order valence-electron chi connectivity index (χ3n) is 4.28. The van der Waals surface area contributed by atoms with Gasteiger partial charge in [-0.05, 0) is 38.2 Å². The lowest BCUT2D eigenvalue weighted by atomic mass is 9.80. The van der Waals surface area contributed by atoms with Crippen LogP contribution in [0.5, 0.6) is 0 Å². The minimum Gasteiger partial charge on any atom is -0.325 e. The van der Waals surface area contributed by atoms with Crippen molar-refractivity contribution in [3.63, 3.8) is 0 Å². The summed E-state index contributed by atoms with van der Waals surface area (Å²) in [5, 5.41) is 0. The predicted molar refractivity (Wildman–Crippen MR) is 105 cm³/mol. The largest absolute Gasteiger partial charge is 0.325 e. The van der Waals surface area contributed by atoms with Gasteiger partial charge in [-0.15, -0.1) is 24.0 Å². The first kappa shape index (κ1) is 20.9. The first-order valence-electron chi connectivity index (χ1n) is 8.37.